The van der Waals surface area contributed by atoms with Crippen LogP contribution in [0.1, 0.15) is 25.8 Å². The Balaban J connectivity index is 2.34. The summed E-state index contributed by atoms with van der Waals surface area (Å²) in [6.45, 7) is 3.99. The van der Waals surface area contributed by atoms with Crippen LogP contribution in [-0.4, -0.2) is 6.18 Å². The Kier molecular flexibility index (Phi) is 2.80. The molecule has 3 heteroatoms. The summed E-state index contributed by atoms with van der Waals surface area (Å²) < 4.78 is 38.9. The molecule has 0 aromatic heterocycles. The molecule has 2 rings (SSSR count). The van der Waals surface area contributed by atoms with E-state index in [1.165, 1.54) is 18.2 Å². The van der Waals surface area contributed by atoms with Gasteiger partial charge in [-0.15, -0.1) is 0 Å². The fraction of sp³-hybridized carbons (Fsp3) is 0.429. The standard InChI is InChI=1S/C14H15F3/c1-13(2)9-11(13)8-12(14(15,16)17)10-6-4-3-5-7-10/h3-8,11H,9H2,1-2H3. The summed E-state index contributed by atoms with van der Waals surface area (Å²) in [5.41, 5.74) is -0.234. The van der Waals surface area contributed by atoms with Gasteiger partial charge < -0.3 is 0 Å². The molecule has 0 bridgehead atoms. The summed E-state index contributed by atoms with van der Waals surface area (Å²) in [5.74, 6) is 0.0410. The Morgan fingerprint density at radius 3 is 2.18 bits per heavy atom. The molecule has 1 saturated carbocycles. The Labute approximate surface area is 99.2 Å². The van der Waals surface area contributed by atoms with Crippen molar-refractivity contribution in [2.75, 3.05) is 0 Å². The van der Waals surface area contributed by atoms with Crippen molar-refractivity contribution < 1.29 is 13.2 Å². The molecule has 92 valence electrons. The van der Waals surface area contributed by atoms with E-state index in [4.69, 9.17) is 0 Å². The van der Waals surface area contributed by atoms with E-state index in [9.17, 15) is 13.2 Å². The number of allylic oxidation sites excluding steroid dienone is 2. The Morgan fingerprint density at radius 2 is 1.76 bits per heavy atom. The van der Waals surface area contributed by atoms with Gasteiger partial charge in [0, 0.05) is 0 Å². The molecular formula is C14H15F3. The normalized spacial score (nSPS) is 23.6. The summed E-state index contributed by atoms with van der Waals surface area (Å²) in [6.07, 6.45) is -2.06. The van der Waals surface area contributed by atoms with Crippen molar-refractivity contribution in [3.8, 4) is 0 Å². The second-order valence-electron chi connectivity index (χ2n) is 5.24. The lowest BCUT2D eigenvalue weighted by Crippen LogP contribution is -2.11. The van der Waals surface area contributed by atoms with Crippen molar-refractivity contribution in [2.24, 2.45) is 11.3 Å². The number of alkyl halides is 3. The number of rotatable bonds is 2. The molecular weight excluding hydrogens is 225 g/mol. The second kappa shape index (κ2) is 3.90. The quantitative estimate of drug-likeness (QED) is 0.704. The van der Waals surface area contributed by atoms with Crippen LogP contribution in [0.3, 0.4) is 0 Å². The Morgan fingerprint density at radius 1 is 1.24 bits per heavy atom. The molecule has 0 spiro atoms. The van der Waals surface area contributed by atoms with Crippen molar-refractivity contribution in [1.82, 2.24) is 0 Å². The molecule has 17 heavy (non-hydrogen) atoms. The predicted octanol–water partition coefficient (Wildman–Crippen LogP) is 4.68. The minimum absolute atomic E-state index is 0.0191. The van der Waals surface area contributed by atoms with Crippen molar-refractivity contribution in [3.05, 3.63) is 42.0 Å². The second-order valence-corrected chi connectivity index (χ2v) is 5.24. The maximum atomic E-state index is 13.0. The van der Waals surface area contributed by atoms with Gasteiger partial charge in [0.25, 0.3) is 0 Å². The highest BCUT2D eigenvalue weighted by Gasteiger charge is 2.46. The van der Waals surface area contributed by atoms with Crippen LogP contribution in [0.2, 0.25) is 0 Å². The largest absolute Gasteiger partial charge is 0.416 e. The Bertz CT molecular complexity index is 427. The molecule has 1 fully saturated rings. The molecule has 0 radical (unpaired) electrons. The summed E-state index contributed by atoms with van der Waals surface area (Å²) in [6, 6.07) is 8.00. The fourth-order valence-electron chi connectivity index (χ4n) is 1.97. The molecule has 0 saturated heterocycles. The van der Waals surface area contributed by atoms with Crippen LogP contribution < -0.4 is 0 Å². The fourth-order valence-corrected chi connectivity index (χ4v) is 1.97. The molecule has 1 aliphatic carbocycles. The van der Waals surface area contributed by atoms with Gasteiger partial charge >= 0.3 is 6.18 Å². The van der Waals surface area contributed by atoms with Crippen LogP contribution in [0.5, 0.6) is 0 Å². The lowest BCUT2D eigenvalue weighted by atomic mass is 10.0. The molecule has 1 aromatic rings. The molecule has 0 heterocycles. The maximum Gasteiger partial charge on any atom is 0.416 e. The average Bonchev–Trinajstić information content (AvgIpc) is 2.82. The molecule has 1 aliphatic rings. The first-order valence-corrected chi connectivity index (χ1v) is 5.65. The van der Waals surface area contributed by atoms with E-state index in [1.54, 1.807) is 18.2 Å². The maximum absolute atomic E-state index is 13.0. The molecule has 1 atom stereocenters. The van der Waals surface area contributed by atoms with E-state index in [-0.39, 0.29) is 16.9 Å². The van der Waals surface area contributed by atoms with Gasteiger partial charge in [-0.1, -0.05) is 50.3 Å². The van der Waals surface area contributed by atoms with Gasteiger partial charge in [0.15, 0.2) is 0 Å². The van der Waals surface area contributed by atoms with Gasteiger partial charge in [-0.3, -0.25) is 0 Å². The van der Waals surface area contributed by atoms with Gasteiger partial charge in [0.1, 0.15) is 0 Å². The summed E-state index contributed by atoms with van der Waals surface area (Å²) >= 11 is 0. The molecule has 0 N–H and O–H groups in total. The van der Waals surface area contributed by atoms with Crippen LogP contribution in [-0.2, 0) is 0 Å². The van der Waals surface area contributed by atoms with Gasteiger partial charge in [0.05, 0.1) is 5.57 Å². The van der Waals surface area contributed by atoms with E-state index in [0.29, 0.717) is 0 Å². The van der Waals surface area contributed by atoms with E-state index in [1.807, 2.05) is 13.8 Å². The van der Waals surface area contributed by atoms with Gasteiger partial charge in [-0.05, 0) is 23.3 Å². The van der Waals surface area contributed by atoms with Gasteiger partial charge in [-0.2, -0.15) is 13.2 Å². The smallest absolute Gasteiger partial charge is 0.166 e. The number of benzene rings is 1. The summed E-state index contributed by atoms with van der Waals surface area (Å²) in [5, 5.41) is 0. The topological polar surface area (TPSA) is 0 Å². The Hall–Kier alpha value is -1.25. The molecule has 1 aromatic carbocycles. The first-order valence-electron chi connectivity index (χ1n) is 5.65. The van der Waals surface area contributed by atoms with Crippen molar-refractivity contribution in [1.29, 1.82) is 0 Å². The number of halogens is 3. The number of hydrogen-bond acceptors (Lipinski definition) is 0. The highest BCUT2D eigenvalue weighted by atomic mass is 19.4. The van der Waals surface area contributed by atoms with Crippen molar-refractivity contribution >= 4 is 5.57 Å². The summed E-state index contributed by atoms with van der Waals surface area (Å²) in [7, 11) is 0. The van der Waals surface area contributed by atoms with Gasteiger partial charge in [0.2, 0.25) is 0 Å². The van der Waals surface area contributed by atoms with E-state index in [0.717, 1.165) is 6.42 Å². The predicted molar refractivity (Wildman–Crippen MR) is 62.4 cm³/mol. The zero-order valence-electron chi connectivity index (χ0n) is 9.88. The van der Waals surface area contributed by atoms with Crippen LogP contribution in [0.15, 0.2) is 36.4 Å². The SMILES string of the molecule is CC1(C)CC1C=C(c1ccccc1)C(F)(F)F. The number of hydrogen-bond donors (Lipinski definition) is 0. The van der Waals surface area contributed by atoms with Crippen LogP contribution in [0.4, 0.5) is 13.2 Å². The highest BCUT2D eigenvalue weighted by Crippen LogP contribution is 2.54. The monoisotopic (exact) mass is 240 g/mol. The zero-order chi connectivity index (χ0) is 12.7. The minimum atomic E-state index is -4.28. The first kappa shape index (κ1) is 12.2. The molecule has 1 unspecified atom stereocenters. The first-order chi connectivity index (χ1) is 7.81. The van der Waals surface area contributed by atoms with Crippen LogP contribution in [0.25, 0.3) is 5.57 Å². The lowest BCUT2D eigenvalue weighted by molar-refractivity contribution is -0.0691. The lowest BCUT2D eigenvalue weighted by Gasteiger charge is -2.12. The third-order valence-electron chi connectivity index (χ3n) is 3.35. The van der Waals surface area contributed by atoms with E-state index >= 15 is 0 Å². The summed E-state index contributed by atoms with van der Waals surface area (Å²) in [4.78, 5) is 0. The van der Waals surface area contributed by atoms with Crippen molar-refractivity contribution in [2.45, 2.75) is 26.4 Å². The van der Waals surface area contributed by atoms with E-state index < -0.39 is 11.7 Å². The highest BCUT2D eigenvalue weighted by molar-refractivity contribution is 5.70. The van der Waals surface area contributed by atoms with Gasteiger partial charge in [-0.25, -0.2) is 0 Å². The molecule has 0 aliphatic heterocycles. The van der Waals surface area contributed by atoms with E-state index in [2.05, 4.69) is 0 Å². The third kappa shape index (κ3) is 2.71. The molecule has 0 nitrogen and oxygen atoms in total. The molecule has 0 amide bonds. The third-order valence-corrected chi connectivity index (χ3v) is 3.35. The van der Waals surface area contributed by atoms with Crippen LogP contribution >= 0.6 is 0 Å². The van der Waals surface area contributed by atoms with Crippen LogP contribution in [0, 0.1) is 11.3 Å². The van der Waals surface area contributed by atoms with Crippen molar-refractivity contribution in [3.63, 3.8) is 0 Å². The average molecular weight is 240 g/mol. The minimum Gasteiger partial charge on any atom is -0.166 e. The zero-order valence-corrected chi connectivity index (χ0v) is 9.88.